The van der Waals surface area contributed by atoms with Crippen molar-refractivity contribution in [2.45, 2.75) is 18.8 Å². The van der Waals surface area contributed by atoms with Crippen LogP contribution in [0, 0.1) is 5.82 Å². The Morgan fingerprint density at radius 3 is 2.26 bits per heavy atom. The second kappa shape index (κ2) is 9.38. The molecular formula is C22H17F3N4O2. The molecule has 31 heavy (non-hydrogen) atoms. The van der Waals surface area contributed by atoms with E-state index in [2.05, 4.69) is 20.2 Å². The zero-order valence-corrected chi connectivity index (χ0v) is 16.2. The molecule has 2 heterocycles. The fourth-order valence-corrected chi connectivity index (χ4v) is 2.95. The monoisotopic (exact) mass is 426 g/mol. The van der Waals surface area contributed by atoms with Crippen LogP contribution in [0.1, 0.15) is 29.6 Å². The van der Waals surface area contributed by atoms with Gasteiger partial charge in [-0.3, -0.25) is 0 Å². The van der Waals surface area contributed by atoms with E-state index in [4.69, 9.17) is 9.15 Å². The van der Waals surface area contributed by atoms with Gasteiger partial charge in [0.1, 0.15) is 17.4 Å². The lowest BCUT2D eigenvalue weighted by molar-refractivity contribution is 0.116. The molecule has 0 aliphatic rings. The molecule has 9 heteroatoms. The molecular weight excluding hydrogens is 409 g/mol. The molecule has 158 valence electrons. The number of para-hydroxylation sites is 1. The summed E-state index contributed by atoms with van der Waals surface area (Å²) < 4.78 is 49.4. The summed E-state index contributed by atoms with van der Waals surface area (Å²) in [6.45, 7) is 0.335. The first-order valence-corrected chi connectivity index (χ1v) is 9.44. The minimum Gasteiger partial charge on any atom is -0.493 e. The van der Waals surface area contributed by atoms with Crippen LogP contribution in [-0.2, 0) is 6.42 Å². The number of hydrogen-bond acceptors (Lipinski definition) is 6. The Morgan fingerprint density at radius 2 is 1.61 bits per heavy atom. The van der Waals surface area contributed by atoms with Crippen molar-refractivity contribution in [1.82, 2.24) is 20.2 Å². The summed E-state index contributed by atoms with van der Waals surface area (Å²) in [6, 6.07) is 15.5. The molecule has 0 aliphatic carbocycles. The molecule has 2 aromatic heterocycles. The van der Waals surface area contributed by atoms with Gasteiger partial charge in [0.25, 0.3) is 11.8 Å². The first kappa shape index (κ1) is 20.5. The van der Waals surface area contributed by atoms with Crippen molar-refractivity contribution >= 4 is 0 Å². The summed E-state index contributed by atoms with van der Waals surface area (Å²) in [5.74, 6) is -0.0754. The zero-order chi connectivity index (χ0) is 21.6. The van der Waals surface area contributed by atoms with Gasteiger partial charge in [0, 0.05) is 24.7 Å². The molecule has 0 spiro atoms. The van der Waals surface area contributed by atoms with Crippen LogP contribution in [0.15, 0.2) is 71.4 Å². The van der Waals surface area contributed by atoms with Gasteiger partial charge in [-0.1, -0.05) is 30.3 Å². The van der Waals surface area contributed by atoms with Crippen molar-refractivity contribution in [3.63, 3.8) is 0 Å². The maximum absolute atomic E-state index is 13.4. The van der Waals surface area contributed by atoms with Gasteiger partial charge in [0.05, 0.1) is 12.2 Å². The van der Waals surface area contributed by atoms with Gasteiger partial charge in [0.15, 0.2) is 0 Å². The summed E-state index contributed by atoms with van der Waals surface area (Å²) in [5.41, 5.74) is 1.21. The Hall–Kier alpha value is -3.75. The van der Waals surface area contributed by atoms with Crippen molar-refractivity contribution in [2.75, 3.05) is 6.61 Å². The van der Waals surface area contributed by atoms with E-state index in [9.17, 15) is 13.2 Å². The van der Waals surface area contributed by atoms with Gasteiger partial charge >= 0.3 is 6.43 Å². The summed E-state index contributed by atoms with van der Waals surface area (Å²) in [6.07, 6.45) is 0.447. The topological polar surface area (TPSA) is 73.9 Å². The van der Waals surface area contributed by atoms with Gasteiger partial charge in [-0.15, -0.1) is 10.2 Å². The first-order chi connectivity index (χ1) is 15.1. The largest absolute Gasteiger partial charge is 0.493 e. The van der Waals surface area contributed by atoms with Crippen LogP contribution in [0.25, 0.3) is 11.5 Å². The highest BCUT2D eigenvalue weighted by Crippen LogP contribution is 2.24. The van der Waals surface area contributed by atoms with Crippen molar-refractivity contribution < 1.29 is 22.3 Å². The second-order valence-corrected chi connectivity index (χ2v) is 6.71. The number of halogens is 3. The van der Waals surface area contributed by atoms with E-state index in [1.807, 2.05) is 30.3 Å². The lowest BCUT2D eigenvalue weighted by Crippen LogP contribution is -2.15. The summed E-state index contributed by atoms with van der Waals surface area (Å²) in [5, 5.41) is 6.88. The van der Waals surface area contributed by atoms with Gasteiger partial charge in [-0.2, -0.15) is 8.78 Å². The number of alkyl halides is 2. The number of nitrogens with zero attached hydrogens (tertiary/aromatic N) is 4. The van der Waals surface area contributed by atoms with Crippen LogP contribution in [0.5, 0.6) is 5.75 Å². The molecule has 0 saturated heterocycles. The molecule has 0 bridgehead atoms. The quantitative estimate of drug-likeness (QED) is 0.394. The smallest absolute Gasteiger partial charge is 0.314 e. The highest BCUT2D eigenvalue weighted by Gasteiger charge is 2.19. The van der Waals surface area contributed by atoms with Gasteiger partial charge in [-0.25, -0.2) is 14.4 Å². The van der Waals surface area contributed by atoms with Crippen LogP contribution in [0.2, 0.25) is 0 Å². The number of hydrogen-bond donors (Lipinski definition) is 0. The highest BCUT2D eigenvalue weighted by atomic mass is 19.3. The standard InChI is InChI=1S/C22H17F3N4O2/c23-17-8-6-14(7-9-17)15(13-30-18-4-2-1-3-5-18)10-19-26-11-16(12-27-19)21-28-29-22(31-21)20(24)25/h1-9,11-12,15,20H,10,13H2. The first-order valence-electron chi connectivity index (χ1n) is 9.44. The molecule has 0 radical (unpaired) electrons. The molecule has 0 saturated carbocycles. The lowest BCUT2D eigenvalue weighted by atomic mass is 9.96. The van der Waals surface area contributed by atoms with Crippen LogP contribution >= 0.6 is 0 Å². The Bertz CT molecular complexity index is 1100. The van der Waals surface area contributed by atoms with Crippen LogP contribution in [-0.4, -0.2) is 26.8 Å². The van der Waals surface area contributed by atoms with Crippen LogP contribution in [0.3, 0.4) is 0 Å². The Labute approximate surface area is 175 Å². The van der Waals surface area contributed by atoms with E-state index in [0.717, 1.165) is 11.3 Å². The average Bonchev–Trinajstić information content (AvgIpc) is 3.29. The third kappa shape index (κ3) is 5.25. The van der Waals surface area contributed by atoms with Crippen molar-refractivity contribution in [3.8, 4) is 17.2 Å². The maximum Gasteiger partial charge on any atom is 0.314 e. The number of ether oxygens (including phenoxy) is 1. The van der Waals surface area contributed by atoms with E-state index in [0.29, 0.717) is 24.4 Å². The predicted octanol–water partition coefficient (Wildman–Crippen LogP) is 5.01. The van der Waals surface area contributed by atoms with E-state index in [-0.39, 0.29) is 17.6 Å². The van der Waals surface area contributed by atoms with Crippen molar-refractivity contribution in [3.05, 3.63) is 90.1 Å². The zero-order valence-electron chi connectivity index (χ0n) is 16.2. The maximum atomic E-state index is 13.4. The van der Waals surface area contributed by atoms with Crippen molar-refractivity contribution in [1.29, 1.82) is 0 Å². The average molecular weight is 426 g/mol. The number of rotatable bonds is 8. The predicted molar refractivity (Wildman–Crippen MR) is 105 cm³/mol. The third-order valence-electron chi connectivity index (χ3n) is 4.54. The molecule has 0 aliphatic heterocycles. The lowest BCUT2D eigenvalue weighted by Gasteiger charge is -2.18. The number of aromatic nitrogens is 4. The Kier molecular flexibility index (Phi) is 6.21. The van der Waals surface area contributed by atoms with Gasteiger partial charge in [-0.05, 0) is 29.8 Å². The summed E-state index contributed by atoms with van der Waals surface area (Å²) in [4.78, 5) is 8.58. The molecule has 0 N–H and O–H groups in total. The molecule has 6 nitrogen and oxygen atoms in total. The molecule has 0 amide bonds. The second-order valence-electron chi connectivity index (χ2n) is 6.71. The highest BCUT2D eigenvalue weighted by molar-refractivity contribution is 5.48. The Morgan fingerprint density at radius 1 is 0.903 bits per heavy atom. The fraction of sp³-hybridized carbons (Fsp3) is 0.182. The fourth-order valence-electron chi connectivity index (χ4n) is 2.95. The SMILES string of the molecule is Fc1ccc(C(COc2ccccc2)Cc2ncc(-c3nnc(C(F)F)o3)cn2)cc1. The third-order valence-corrected chi connectivity index (χ3v) is 4.54. The molecule has 2 aromatic carbocycles. The molecule has 1 atom stereocenters. The Balaban J connectivity index is 1.50. The van der Waals surface area contributed by atoms with Gasteiger partial charge in [0.2, 0.25) is 0 Å². The van der Waals surface area contributed by atoms with Crippen LogP contribution < -0.4 is 4.74 Å². The summed E-state index contributed by atoms with van der Waals surface area (Å²) >= 11 is 0. The molecule has 4 rings (SSSR count). The minimum absolute atomic E-state index is 0.0793. The summed E-state index contributed by atoms with van der Waals surface area (Å²) in [7, 11) is 0. The van der Waals surface area contributed by atoms with E-state index in [1.54, 1.807) is 12.1 Å². The normalized spacial score (nSPS) is 12.1. The molecule has 1 unspecified atom stereocenters. The van der Waals surface area contributed by atoms with E-state index < -0.39 is 12.3 Å². The molecule has 0 fully saturated rings. The van der Waals surface area contributed by atoms with E-state index in [1.165, 1.54) is 24.5 Å². The van der Waals surface area contributed by atoms with Gasteiger partial charge < -0.3 is 9.15 Å². The van der Waals surface area contributed by atoms with Crippen LogP contribution in [0.4, 0.5) is 13.2 Å². The number of benzene rings is 2. The van der Waals surface area contributed by atoms with Crippen molar-refractivity contribution in [2.24, 2.45) is 0 Å². The molecule has 4 aromatic rings. The minimum atomic E-state index is -2.84. The van der Waals surface area contributed by atoms with E-state index >= 15 is 0 Å².